The maximum atomic E-state index is 2.41. The lowest BCUT2D eigenvalue weighted by molar-refractivity contribution is -0.978. The van der Waals surface area contributed by atoms with Crippen LogP contribution in [0.5, 0.6) is 0 Å². The van der Waals surface area contributed by atoms with Crippen molar-refractivity contribution in [3.05, 3.63) is 0 Å². The van der Waals surface area contributed by atoms with E-state index in [4.69, 9.17) is 0 Å². The number of rotatable bonds is 17. The highest BCUT2D eigenvalue weighted by molar-refractivity contribution is 4.49. The minimum atomic E-state index is 1.31. The first-order chi connectivity index (χ1) is 11.6. The molecule has 0 heterocycles. The maximum Gasteiger partial charge on any atom is 0.128 e. The normalized spacial score (nSPS) is 12.8. The van der Waals surface area contributed by atoms with Gasteiger partial charge in [0.15, 0.2) is 0 Å². The van der Waals surface area contributed by atoms with Gasteiger partial charge in [-0.15, -0.1) is 0 Å². The van der Waals surface area contributed by atoms with Gasteiger partial charge >= 0.3 is 0 Å². The second-order valence-electron chi connectivity index (χ2n) is 7.96. The standard InChI is InChI=1S/C22H50N2/c1-7-13-15-17-19-23(9-3,10-4)21-22-24(11-5,12-6)20-18-16-14-8-2/h7-22H2,1-6H3/q+2. The lowest BCUT2D eigenvalue weighted by atomic mass is 10.1. The van der Waals surface area contributed by atoms with Crippen LogP contribution < -0.4 is 0 Å². The summed E-state index contributed by atoms with van der Waals surface area (Å²) in [7, 11) is 0. The van der Waals surface area contributed by atoms with Crippen molar-refractivity contribution in [1.29, 1.82) is 0 Å². The summed E-state index contributed by atoms with van der Waals surface area (Å²) < 4.78 is 2.69. The smallest absolute Gasteiger partial charge is 0.128 e. The summed E-state index contributed by atoms with van der Waals surface area (Å²) in [6, 6.07) is 0. The zero-order valence-corrected chi connectivity index (χ0v) is 18.2. The molecular weight excluding hydrogens is 292 g/mol. The summed E-state index contributed by atoms with van der Waals surface area (Å²) in [5.74, 6) is 0. The molecule has 0 spiro atoms. The van der Waals surface area contributed by atoms with Gasteiger partial charge in [-0.25, -0.2) is 0 Å². The summed E-state index contributed by atoms with van der Waals surface area (Å²) in [5, 5.41) is 0. The molecule has 0 atom stereocenters. The predicted molar refractivity (Wildman–Crippen MR) is 110 cm³/mol. The van der Waals surface area contributed by atoms with Crippen LogP contribution in [0.2, 0.25) is 0 Å². The van der Waals surface area contributed by atoms with Crippen molar-refractivity contribution in [1.82, 2.24) is 0 Å². The van der Waals surface area contributed by atoms with Gasteiger partial charge in [0, 0.05) is 0 Å². The summed E-state index contributed by atoms with van der Waals surface area (Å²) in [6.45, 7) is 25.1. The van der Waals surface area contributed by atoms with E-state index >= 15 is 0 Å². The second-order valence-corrected chi connectivity index (χ2v) is 7.96. The van der Waals surface area contributed by atoms with Crippen LogP contribution in [-0.4, -0.2) is 61.3 Å². The van der Waals surface area contributed by atoms with E-state index in [0.717, 1.165) is 0 Å². The number of hydrogen-bond donors (Lipinski definition) is 0. The highest BCUT2D eigenvalue weighted by Gasteiger charge is 2.30. The summed E-state index contributed by atoms with van der Waals surface area (Å²) in [6.07, 6.45) is 11.2. The van der Waals surface area contributed by atoms with Crippen LogP contribution in [-0.2, 0) is 0 Å². The molecule has 0 aromatic rings. The Morgan fingerprint density at radius 2 is 0.708 bits per heavy atom. The van der Waals surface area contributed by atoms with E-state index in [1.165, 1.54) is 113 Å². The fraction of sp³-hybridized carbons (Fsp3) is 1.00. The van der Waals surface area contributed by atoms with E-state index < -0.39 is 0 Å². The van der Waals surface area contributed by atoms with Crippen LogP contribution in [0.4, 0.5) is 0 Å². The fourth-order valence-corrected chi connectivity index (χ4v) is 4.11. The minimum Gasteiger partial charge on any atom is -0.319 e. The molecule has 0 saturated heterocycles. The van der Waals surface area contributed by atoms with Gasteiger partial charge in [0.2, 0.25) is 0 Å². The van der Waals surface area contributed by atoms with Crippen LogP contribution in [0.1, 0.15) is 92.9 Å². The van der Waals surface area contributed by atoms with Crippen LogP contribution in [0.3, 0.4) is 0 Å². The number of hydrogen-bond acceptors (Lipinski definition) is 0. The SMILES string of the molecule is CCCCCC[N+](CC)(CC)CC[N+](CC)(CC)CCCCCC. The van der Waals surface area contributed by atoms with Crippen LogP contribution in [0.15, 0.2) is 0 Å². The molecule has 146 valence electrons. The zero-order valence-electron chi connectivity index (χ0n) is 18.2. The summed E-state index contributed by atoms with van der Waals surface area (Å²) in [5.41, 5.74) is 0. The zero-order chi connectivity index (χ0) is 18.3. The van der Waals surface area contributed by atoms with Gasteiger partial charge in [-0.05, 0) is 53.4 Å². The average Bonchev–Trinajstić information content (AvgIpc) is 2.63. The van der Waals surface area contributed by atoms with Crippen molar-refractivity contribution in [2.24, 2.45) is 0 Å². The van der Waals surface area contributed by atoms with E-state index in [2.05, 4.69) is 41.5 Å². The molecule has 0 rings (SSSR count). The van der Waals surface area contributed by atoms with Crippen molar-refractivity contribution in [3.8, 4) is 0 Å². The molecule has 0 saturated carbocycles. The Morgan fingerprint density at radius 3 is 0.958 bits per heavy atom. The largest absolute Gasteiger partial charge is 0.319 e. The van der Waals surface area contributed by atoms with Crippen molar-refractivity contribution >= 4 is 0 Å². The topological polar surface area (TPSA) is 0 Å². The highest BCUT2D eigenvalue weighted by atomic mass is 15.4. The number of likely N-dealkylation sites (N-methyl/N-ethyl adjacent to an activating group) is 2. The number of quaternary nitrogens is 2. The van der Waals surface area contributed by atoms with E-state index in [9.17, 15) is 0 Å². The Kier molecular flexibility index (Phi) is 14.1. The van der Waals surface area contributed by atoms with Crippen LogP contribution in [0, 0.1) is 0 Å². The Labute approximate surface area is 154 Å². The molecule has 0 N–H and O–H groups in total. The monoisotopic (exact) mass is 342 g/mol. The molecule has 0 aromatic carbocycles. The summed E-state index contributed by atoms with van der Waals surface area (Å²) >= 11 is 0. The van der Waals surface area contributed by atoms with Crippen molar-refractivity contribution < 1.29 is 8.97 Å². The molecule has 0 aliphatic carbocycles. The Hall–Kier alpha value is -0.0800. The Bertz CT molecular complexity index is 239. The Morgan fingerprint density at radius 1 is 0.375 bits per heavy atom. The summed E-state index contributed by atoms with van der Waals surface area (Å²) in [4.78, 5) is 0. The highest BCUT2D eigenvalue weighted by Crippen LogP contribution is 2.16. The molecule has 0 aromatic heterocycles. The van der Waals surface area contributed by atoms with E-state index in [0.29, 0.717) is 0 Å². The fourth-order valence-electron chi connectivity index (χ4n) is 4.11. The van der Waals surface area contributed by atoms with Crippen molar-refractivity contribution in [2.75, 3.05) is 52.4 Å². The third-order valence-electron chi connectivity index (χ3n) is 6.70. The van der Waals surface area contributed by atoms with Gasteiger partial charge < -0.3 is 8.97 Å². The van der Waals surface area contributed by atoms with Crippen molar-refractivity contribution in [3.63, 3.8) is 0 Å². The van der Waals surface area contributed by atoms with Gasteiger partial charge in [0.05, 0.1) is 39.3 Å². The molecule has 0 fully saturated rings. The van der Waals surface area contributed by atoms with E-state index in [1.807, 2.05) is 0 Å². The first-order valence-corrected chi connectivity index (χ1v) is 11.3. The minimum absolute atomic E-state index is 1.31. The molecule has 2 nitrogen and oxygen atoms in total. The molecular formula is C22H50N2+2. The number of nitrogens with zero attached hydrogens (tertiary/aromatic N) is 2. The molecule has 2 heteroatoms. The quantitative estimate of drug-likeness (QED) is 0.229. The van der Waals surface area contributed by atoms with Gasteiger partial charge in [-0.1, -0.05) is 39.5 Å². The second kappa shape index (κ2) is 14.1. The van der Waals surface area contributed by atoms with Crippen molar-refractivity contribution in [2.45, 2.75) is 92.9 Å². The van der Waals surface area contributed by atoms with Gasteiger partial charge in [0.25, 0.3) is 0 Å². The molecule has 0 radical (unpaired) electrons. The van der Waals surface area contributed by atoms with Gasteiger partial charge in [-0.3, -0.25) is 0 Å². The molecule has 0 unspecified atom stereocenters. The first kappa shape index (κ1) is 23.9. The van der Waals surface area contributed by atoms with Gasteiger partial charge in [-0.2, -0.15) is 0 Å². The molecule has 0 aliphatic heterocycles. The molecule has 0 amide bonds. The average molecular weight is 343 g/mol. The lowest BCUT2D eigenvalue weighted by Crippen LogP contribution is -2.58. The van der Waals surface area contributed by atoms with Gasteiger partial charge in [0.1, 0.15) is 13.1 Å². The lowest BCUT2D eigenvalue weighted by Gasteiger charge is -2.43. The molecule has 0 bridgehead atoms. The molecule has 24 heavy (non-hydrogen) atoms. The third kappa shape index (κ3) is 8.85. The number of unbranched alkanes of at least 4 members (excludes halogenated alkanes) is 6. The predicted octanol–water partition coefficient (Wildman–Crippen LogP) is 5.86. The van der Waals surface area contributed by atoms with Crippen LogP contribution in [0.25, 0.3) is 0 Å². The maximum absolute atomic E-state index is 2.41. The van der Waals surface area contributed by atoms with Crippen LogP contribution >= 0.6 is 0 Å². The Balaban J connectivity index is 4.61. The van der Waals surface area contributed by atoms with E-state index in [-0.39, 0.29) is 0 Å². The third-order valence-corrected chi connectivity index (χ3v) is 6.70. The first-order valence-electron chi connectivity index (χ1n) is 11.3. The van der Waals surface area contributed by atoms with E-state index in [1.54, 1.807) is 0 Å². The molecule has 0 aliphatic rings.